The van der Waals surface area contributed by atoms with E-state index in [-0.39, 0.29) is 17.5 Å². The largest absolute Gasteiger partial charge is 0.286 e. The van der Waals surface area contributed by atoms with E-state index < -0.39 is 0 Å². The lowest BCUT2D eigenvalue weighted by atomic mass is 9.79. The summed E-state index contributed by atoms with van der Waals surface area (Å²) in [5, 5.41) is 4.39. The molecule has 0 aromatic heterocycles. The molecular weight excluding hydrogens is 274 g/mol. The number of amides is 1. The number of anilines is 1. The second-order valence-corrected chi connectivity index (χ2v) is 5.99. The van der Waals surface area contributed by atoms with Crippen molar-refractivity contribution < 1.29 is 4.79 Å². The molecule has 2 aliphatic heterocycles. The van der Waals surface area contributed by atoms with Crippen LogP contribution in [0.2, 0.25) is 0 Å². The zero-order valence-electron chi connectivity index (χ0n) is 12.6. The van der Waals surface area contributed by atoms with Gasteiger partial charge in [-0.25, -0.2) is 0 Å². The number of hydrazone groups is 1. The van der Waals surface area contributed by atoms with E-state index in [1.54, 1.807) is 0 Å². The molecule has 2 atom stereocenters. The topological polar surface area (TPSA) is 44.7 Å². The summed E-state index contributed by atoms with van der Waals surface area (Å²) >= 11 is 0. The summed E-state index contributed by atoms with van der Waals surface area (Å²) in [6.07, 6.45) is -0.169. The third kappa shape index (κ3) is 1.52. The molecule has 2 aromatic carbocycles. The second-order valence-electron chi connectivity index (χ2n) is 5.99. The first kappa shape index (κ1) is 13.1. The first-order valence-electron chi connectivity index (χ1n) is 7.42. The summed E-state index contributed by atoms with van der Waals surface area (Å²) in [5.74, 6) is -0.000764. The molecule has 2 aromatic rings. The fraction of sp³-hybridized carbons (Fsp3) is 0.222. The third-order valence-electron chi connectivity index (χ3n) is 4.87. The van der Waals surface area contributed by atoms with Gasteiger partial charge in [-0.15, -0.1) is 0 Å². The predicted molar refractivity (Wildman–Crippen MR) is 87.1 cm³/mol. The summed E-state index contributed by atoms with van der Waals surface area (Å²) in [5.41, 5.74) is 6.68. The average molecular weight is 291 g/mol. The Morgan fingerprint density at radius 1 is 1.14 bits per heavy atom. The van der Waals surface area contributed by atoms with Gasteiger partial charge in [-0.05, 0) is 37.6 Å². The molecule has 1 N–H and O–H groups in total. The quantitative estimate of drug-likeness (QED) is 0.878. The van der Waals surface area contributed by atoms with Crippen molar-refractivity contribution in [1.29, 1.82) is 0 Å². The fourth-order valence-electron chi connectivity index (χ4n) is 3.47. The van der Waals surface area contributed by atoms with Gasteiger partial charge >= 0.3 is 0 Å². The highest BCUT2D eigenvalue weighted by Crippen LogP contribution is 2.47. The number of rotatable bonds is 1. The van der Waals surface area contributed by atoms with Gasteiger partial charge < -0.3 is 0 Å². The van der Waals surface area contributed by atoms with Crippen LogP contribution in [0, 0.1) is 0 Å². The van der Waals surface area contributed by atoms with Crippen molar-refractivity contribution >= 4 is 17.3 Å². The van der Waals surface area contributed by atoms with Crippen LogP contribution in [0.5, 0.6) is 0 Å². The van der Waals surface area contributed by atoms with Gasteiger partial charge in [-0.2, -0.15) is 5.10 Å². The van der Waals surface area contributed by atoms with E-state index in [4.69, 9.17) is 0 Å². The molecule has 4 nitrogen and oxygen atoms in total. The number of nitrogens with zero attached hydrogens (tertiary/aromatic N) is 2. The van der Waals surface area contributed by atoms with Crippen molar-refractivity contribution in [1.82, 2.24) is 5.43 Å². The maximum Gasteiger partial charge on any atom is 0.260 e. The number of hydrogen-bond donors (Lipinski definition) is 1. The Bertz CT molecular complexity index is 784. The van der Waals surface area contributed by atoms with Crippen LogP contribution in [0.1, 0.15) is 29.8 Å². The van der Waals surface area contributed by atoms with E-state index in [9.17, 15) is 4.79 Å². The van der Waals surface area contributed by atoms with Crippen molar-refractivity contribution in [3.63, 3.8) is 0 Å². The van der Waals surface area contributed by atoms with Crippen LogP contribution in [0.4, 0.5) is 5.69 Å². The minimum Gasteiger partial charge on any atom is -0.286 e. The Kier molecular flexibility index (Phi) is 2.64. The van der Waals surface area contributed by atoms with Gasteiger partial charge in [0, 0.05) is 11.3 Å². The third-order valence-corrected chi connectivity index (χ3v) is 4.87. The van der Waals surface area contributed by atoms with Gasteiger partial charge in [0.15, 0.2) is 0 Å². The average Bonchev–Trinajstić information content (AvgIpc) is 2.99. The predicted octanol–water partition coefficient (Wildman–Crippen LogP) is 2.91. The first-order valence-corrected chi connectivity index (χ1v) is 7.42. The van der Waals surface area contributed by atoms with E-state index in [1.165, 1.54) is 0 Å². The van der Waals surface area contributed by atoms with Crippen LogP contribution < -0.4 is 10.3 Å². The SMILES string of the molecule is CC1=NNC2N(C(=O)c3ccccc3)c3ccccc3C12C. The van der Waals surface area contributed by atoms with Crippen molar-refractivity contribution in [3.05, 3.63) is 65.7 Å². The molecule has 4 heteroatoms. The molecule has 0 saturated carbocycles. The molecule has 0 saturated heterocycles. The fourth-order valence-corrected chi connectivity index (χ4v) is 3.47. The van der Waals surface area contributed by atoms with E-state index in [0.717, 1.165) is 17.0 Å². The summed E-state index contributed by atoms with van der Waals surface area (Å²) in [7, 11) is 0. The first-order chi connectivity index (χ1) is 10.6. The van der Waals surface area contributed by atoms with E-state index in [1.807, 2.05) is 60.4 Å². The standard InChI is InChI=1S/C18H17N3O/c1-12-18(2)14-10-6-7-11-15(14)21(17(18)20-19-12)16(22)13-8-4-3-5-9-13/h3-11,17,20H,1-2H3. The number of carbonyl (C=O) groups is 1. The lowest BCUT2D eigenvalue weighted by Gasteiger charge is -2.29. The second kappa shape index (κ2) is 4.44. The molecule has 1 amide bonds. The van der Waals surface area contributed by atoms with E-state index in [2.05, 4.69) is 23.5 Å². The number of para-hydroxylation sites is 1. The number of hydrogen-bond acceptors (Lipinski definition) is 3. The Morgan fingerprint density at radius 3 is 2.59 bits per heavy atom. The number of nitrogens with one attached hydrogen (secondary N) is 1. The highest BCUT2D eigenvalue weighted by atomic mass is 16.2. The normalized spacial score (nSPS) is 25.3. The van der Waals surface area contributed by atoms with Crippen LogP contribution in [-0.4, -0.2) is 17.8 Å². The Balaban J connectivity index is 1.87. The van der Waals surface area contributed by atoms with Gasteiger partial charge in [0.25, 0.3) is 5.91 Å². The molecule has 0 spiro atoms. The summed E-state index contributed by atoms with van der Waals surface area (Å²) in [6.45, 7) is 4.16. The number of carbonyl (C=O) groups excluding carboxylic acids is 1. The zero-order chi connectivity index (χ0) is 15.3. The van der Waals surface area contributed by atoms with Crippen molar-refractivity contribution in [2.24, 2.45) is 5.10 Å². The van der Waals surface area contributed by atoms with Crippen molar-refractivity contribution in [2.75, 3.05) is 4.90 Å². The highest BCUT2D eigenvalue weighted by molar-refractivity contribution is 6.11. The van der Waals surface area contributed by atoms with Crippen molar-refractivity contribution in [2.45, 2.75) is 25.4 Å². The van der Waals surface area contributed by atoms with Gasteiger partial charge in [0.1, 0.15) is 6.17 Å². The molecule has 22 heavy (non-hydrogen) atoms. The molecule has 0 radical (unpaired) electrons. The molecule has 2 aliphatic rings. The molecule has 0 aliphatic carbocycles. The van der Waals surface area contributed by atoms with E-state index >= 15 is 0 Å². The minimum atomic E-state index is -0.277. The van der Waals surface area contributed by atoms with Crippen LogP contribution in [-0.2, 0) is 5.41 Å². The van der Waals surface area contributed by atoms with Crippen molar-refractivity contribution in [3.8, 4) is 0 Å². The van der Waals surface area contributed by atoms with Crippen LogP contribution >= 0.6 is 0 Å². The summed E-state index contributed by atoms with van der Waals surface area (Å²) in [6, 6.07) is 17.5. The molecular formula is C18H17N3O. The summed E-state index contributed by atoms with van der Waals surface area (Å²) in [4.78, 5) is 14.9. The Hall–Kier alpha value is -2.62. The smallest absolute Gasteiger partial charge is 0.260 e. The Morgan fingerprint density at radius 2 is 1.82 bits per heavy atom. The summed E-state index contributed by atoms with van der Waals surface area (Å²) < 4.78 is 0. The van der Waals surface area contributed by atoms with Crippen LogP contribution in [0.3, 0.4) is 0 Å². The Labute approximate surface area is 129 Å². The monoisotopic (exact) mass is 291 g/mol. The maximum atomic E-state index is 13.0. The molecule has 110 valence electrons. The maximum absolute atomic E-state index is 13.0. The number of fused-ring (bicyclic) bond motifs is 3. The van der Waals surface area contributed by atoms with Gasteiger partial charge in [-0.3, -0.25) is 15.1 Å². The number of benzene rings is 2. The molecule has 2 unspecified atom stereocenters. The minimum absolute atomic E-state index is 0.000764. The molecule has 0 bridgehead atoms. The van der Waals surface area contributed by atoms with E-state index in [0.29, 0.717) is 5.56 Å². The zero-order valence-corrected chi connectivity index (χ0v) is 12.6. The van der Waals surface area contributed by atoms with Gasteiger partial charge in [-0.1, -0.05) is 36.4 Å². The molecule has 4 rings (SSSR count). The molecule has 2 heterocycles. The van der Waals surface area contributed by atoms with Crippen LogP contribution in [0.25, 0.3) is 0 Å². The molecule has 0 fully saturated rings. The van der Waals surface area contributed by atoms with Gasteiger partial charge in [0.05, 0.1) is 11.1 Å². The van der Waals surface area contributed by atoms with Gasteiger partial charge in [0.2, 0.25) is 0 Å². The van der Waals surface area contributed by atoms with Crippen LogP contribution in [0.15, 0.2) is 59.7 Å². The lowest BCUT2D eigenvalue weighted by molar-refractivity contribution is 0.0972. The highest BCUT2D eigenvalue weighted by Gasteiger charge is 2.54. The lowest BCUT2D eigenvalue weighted by Crippen LogP contribution is -2.51.